The van der Waals surface area contributed by atoms with E-state index in [9.17, 15) is 4.79 Å². The number of rotatable bonds is 6. The topological polar surface area (TPSA) is 142 Å². The number of guanidine groups is 2. The molecule has 2 aromatic rings. The largest absolute Gasteiger partial charge is 0.370 e. The average molecular weight is 411 g/mol. The number of nitrogens with zero attached hydrogens (tertiary/aromatic N) is 2. The molecule has 0 aromatic heterocycles. The Kier molecular flexibility index (Phi) is 8.04. The Morgan fingerprint density at radius 1 is 0.633 bits per heavy atom. The molecule has 160 valence electrons. The first-order valence-electron chi connectivity index (χ1n) is 9.70. The number of anilines is 4. The summed E-state index contributed by atoms with van der Waals surface area (Å²) in [5.74, 6) is 0.692. The number of aliphatic imine (C=N–C) groups is 2. The quantitative estimate of drug-likeness (QED) is 0.319. The van der Waals surface area contributed by atoms with Crippen molar-refractivity contribution in [2.75, 3.05) is 21.3 Å². The van der Waals surface area contributed by atoms with Crippen molar-refractivity contribution in [3.63, 3.8) is 0 Å². The monoisotopic (exact) mass is 410 g/mol. The highest BCUT2D eigenvalue weighted by Crippen LogP contribution is 2.16. The molecule has 9 heteroatoms. The summed E-state index contributed by atoms with van der Waals surface area (Å²) in [5, 5.41) is 11.6. The Balaban J connectivity index is 1.88. The molecule has 0 atom stereocenters. The molecule has 0 radical (unpaired) electrons. The van der Waals surface area contributed by atoms with Gasteiger partial charge < -0.3 is 32.7 Å². The summed E-state index contributed by atoms with van der Waals surface area (Å²) in [6.07, 6.45) is 0. The Morgan fingerprint density at radius 3 is 1.17 bits per heavy atom. The van der Waals surface area contributed by atoms with E-state index in [1.54, 1.807) is 24.3 Å². The molecule has 8 N–H and O–H groups in total. The van der Waals surface area contributed by atoms with E-state index in [0.717, 1.165) is 11.4 Å². The van der Waals surface area contributed by atoms with E-state index in [4.69, 9.17) is 11.5 Å². The summed E-state index contributed by atoms with van der Waals surface area (Å²) in [4.78, 5) is 20.6. The van der Waals surface area contributed by atoms with Crippen molar-refractivity contribution >= 4 is 40.7 Å². The summed E-state index contributed by atoms with van der Waals surface area (Å²) < 4.78 is 0. The molecular weight excluding hydrogens is 380 g/mol. The van der Waals surface area contributed by atoms with Crippen LogP contribution >= 0.6 is 0 Å². The normalized spacial score (nSPS) is 12.1. The zero-order valence-electron chi connectivity index (χ0n) is 17.7. The molecule has 0 bridgehead atoms. The number of nitrogens with two attached hydrogens (primary N) is 2. The number of benzene rings is 2. The fourth-order valence-electron chi connectivity index (χ4n) is 2.48. The predicted octanol–water partition coefficient (Wildman–Crippen LogP) is 3.60. The van der Waals surface area contributed by atoms with Crippen LogP contribution in [0.5, 0.6) is 0 Å². The van der Waals surface area contributed by atoms with E-state index in [2.05, 4.69) is 31.3 Å². The van der Waals surface area contributed by atoms with Gasteiger partial charge in [0.25, 0.3) is 0 Å². The van der Waals surface area contributed by atoms with Crippen molar-refractivity contribution in [1.29, 1.82) is 0 Å². The van der Waals surface area contributed by atoms with Gasteiger partial charge in [0.2, 0.25) is 0 Å². The van der Waals surface area contributed by atoms with E-state index >= 15 is 0 Å². The third-order valence-electron chi connectivity index (χ3n) is 3.62. The maximum Gasteiger partial charge on any atom is 0.323 e. The third kappa shape index (κ3) is 8.09. The van der Waals surface area contributed by atoms with Gasteiger partial charge in [-0.2, -0.15) is 0 Å². The fraction of sp³-hybridized carbons (Fsp3) is 0.286. The first-order valence-corrected chi connectivity index (χ1v) is 9.70. The van der Waals surface area contributed by atoms with Gasteiger partial charge in [0.05, 0.1) is 0 Å². The minimum absolute atomic E-state index is 0.109. The van der Waals surface area contributed by atoms with Crippen LogP contribution in [0.15, 0.2) is 58.5 Å². The lowest BCUT2D eigenvalue weighted by Gasteiger charge is -2.11. The highest BCUT2D eigenvalue weighted by molar-refractivity contribution is 6.00. The molecule has 2 amide bonds. The molecule has 0 fully saturated rings. The second kappa shape index (κ2) is 10.7. The van der Waals surface area contributed by atoms with Gasteiger partial charge in [-0.05, 0) is 76.2 Å². The molecule has 2 aromatic carbocycles. The van der Waals surface area contributed by atoms with Crippen LogP contribution in [-0.4, -0.2) is 30.0 Å². The first kappa shape index (κ1) is 22.5. The SMILES string of the molecule is CC(C)N=C(N)Nc1ccc(NC(=O)Nc2ccc(NC(N)=NC(C)C)cc2)cc1. The lowest BCUT2D eigenvalue weighted by Crippen LogP contribution is -2.24. The van der Waals surface area contributed by atoms with Gasteiger partial charge in [0.1, 0.15) is 0 Å². The molecule has 2 rings (SSSR count). The van der Waals surface area contributed by atoms with Crippen molar-refractivity contribution in [3.8, 4) is 0 Å². The van der Waals surface area contributed by atoms with Crippen LogP contribution in [0, 0.1) is 0 Å². The number of hydrogen-bond donors (Lipinski definition) is 6. The van der Waals surface area contributed by atoms with E-state index in [-0.39, 0.29) is 18.1 Å². The Labute approximate surface area is 177 Å². The van der Waals surface area contributed by atoms with E-state index in [1.807, 2.05) is 52.0 Å². The van der Waals surface area contributed by atoms with Gasteiger partial charge in [-0.15, -0.1) is 0 Å². The van der Waals surface area contributed by atoms with Crippen molar-refractivity contribution < 1.29 is 4.79 Å². The Morgan fingerprint density at radius 2 is 0.900 bits per heavy atom. The molecule has 0 spiro atoms. The Bertz CT molecular complexity index is 813. The summed E-state index contributed by atoms with van der Waals surface area (Å²) in [6, 6.07) is 14.2. The van der Waals surface area contributed by atoms with Crippen LogP contribution in [0.2, 0.25) is 0 Å². The van der Waals surface area contributed by atoms with Crippen molar-refractivity contribution in [1.82, 2.24) is 0 Å². The zero-order valence-corrected chi connectivity index (χ0v) is 17.7. The second-order valence-electron chi connectivity index (χ2n) is 7.20. The van der Waals surface area contributed by atoms with Crippen LogP contribution in [0.3, 0.4) is 0 Å². The van der Waals surface area contributed by atoms with Crippen LogP contribution in [0.25, 0.3) is 0 Å². The van der Waals surface area contributed by atoms with E-state index < -0.39 is 0 Å². The molecule has 0 heterocycles. The lowest BCUT2D eigenvalue weighted by molar-refractivity contribution is 0.262. The van der Waals surface area contributed by atoms with Crippen molar-refractivity contribution in [3.05, 3.63) is 48.5 Å². The van der Waals surface area contributed by atoms with Crippen molar-refractivity contribution in [2.24, 2.45) is 21.5 Å². The molecule has 0 unspecified atom stereocenters. The Hall–Kier alpha value is -3.75. The molecule has 0 aliphatic carbocycles. The molecule has 0 saturated carbocycles. The highest BCUT2D eigenvalue weighted by Gasteiger charge is 2.04. The highest BCUT2D eigenvalue weighted by atomic mass is 16.2. The van der Waals surface area contributed by atoms with Gasteiger partial charge in [-0.25, -0.2) is 4.79 Å². The van der Waals surface area contributed by atoms with Gasteiger partial charge >= 0.3 is 6.03 Å². The minimum Gasteiger partial charge on any atom is -0.370 e. The third-order valence-corrected chi connectivity index (χ3v) is 3.62. The standard InChI is InChI=1S/C21H30N8O/c1-13(2)24-19(22)26-15-5-9-17(10-6-15)28-21(30)29-18-11-7-16(8-12-18)27-20(23)25-14(3)4/h5-14H,1-4H3,(H3,22,24,26)(H3,23,25,27)(H2,28,29,30). The number of carbonyl (C=O) groups is 1. The molecule has 9 nitrogen and oxygen atoms in total. The number of carbonyl (C=O) groups excluding carboxylic acids is 1. The molecular formula is C21H30N8O. The summed E-state index contributed by atoms with van der Waals surface area (Å²) in [7, 11) is 0. The first-order chi connectivity index (χ1) is 14.2. The molecule has 0 aliphatic rings. The van der Waals surface area contributed by atoms with Crippen LogP contribution < -0.4 is 32.7 Å². The smallest absolute Gasteiger partial charge is 0.323 e. The number of urea groups is 1. The van der Waals surface area contributed by atoms with Gasteiger partial charge in [-0.1, -0.05) is 0 Å². The molecule has 0 aliphatic heterocycles. The van der Waals surface area contributed by atoms with Crippen LogP contribution in [-0.2, 0) is 0 Å². The van der Waals surface area contributed by atoms with Gasteiger partial charge in [0, 0.05) is 34.8 Å². The number of nitrogens with one attached hydrogen (secondary N) is 4. The number of amides is 2. The average Bonchev–Trinajstić information content (AvgIpc) is 2.63. The molecule has 30 heavy (non-hydrogen) atoms. The summed E-state index contributed by atoms with van der Waals surface area (Å²) >= 11 is 0. The van der Waals surface area contributed by atoms with Crippen LogP contribution in [0.4, 0.5) is 27.5 Å². The fourth-order valence-corrected chi connectivity index (χ4v) is 2.48. The second-order valence-corrected chi connectivity index (χ2v) is 7.20. The van der Waals surface area contributed by atoms with Gasteiger partial charge in [-0.3, -0.25) is 9.98 Å². The van der Waals surface area contributed by atoms with Crippen LogP contribution in [0.1, 0.15) is 27.7 Å². The van der Waals surface area contributed by atoms with E-state index in [1.165, 1.54) is 0 Å². The maximum atomic E-state index is 12.2. The maximum absolute atomic E-state index is 12.2. The zero-order chi connectivity index (χ0) is 22.1. The predicted molar refractivity (Wildman–Crippen MR) is 126 cm³/mol. The number of hydrogen-bond acceptors (Lipinski definition) is 3. The lowest BCUT2D eigenvalue weighted by atomic mass is 10.2. The molecule has 0 saturated heterocycles. The van der Waals surface area contributed by atoms with Gasteiger partial charge in [0.15, 0.2) is 11.9 Å². The van der Waals surface area contributed by atoms with E-state index in [0.29, 0.717) is 23.3 Å². The summed E-state index contributed by atoms with van der Waals surface area (Å²) in [5.41, 5.74) is 14.5. The summed E-state index contributed by atoms with van der Waals surface area (Å²) in [6.45, 7) is 7.78. The minimum atomic E-state index is -0.349. The van der Waals surface area contributed by atoms with Crippen molar-refractivity contribution in [2.45, 2.75) is 39.8 Å².